The summed E-state index contributed by atoms with van der Waals surface area (Å²) >= 11 is 0. The lowest BCUT2D eigenvalue weighted by Crippen LogP contribution is -2.43. The molecule has 1 aliphatic carbocycles. The summed E-state index contributed by atoms with van der Waals surface area (Å²) in [5.74, 6) is 0. The van der Waals surface area contributed by atoms with Crippen molar-refractivity contribution in [3.8, 4) is 0 Å². The van der Waals surface area contributed by atoms with Crippen LogP contribution in [-0.4, -0.2) is 5.54 Å². The summed E-state index contributed by atoms with van der Waals surface area (Å²) in [6, 6.07) is 7.49. The molecule has 0 fully saturated rings. The molecular weight excluding hydrogens is 242 g/mol. The molecule has 0 spiro atoms. The first kappa shape index (κ1) is 15.6. The first-order chi connectivity index (χ1) is 9.16. The van der Waals surface area contributed by atoms with E-state index in [1.807, 2.05) is 0 Å². The molecule has 1 N–H and O–H groups in total. The number of aryl methyl sites for hydroxylation is 2. The number of rotatable bonds is 4. The van der Waals surface area contributed by atoms with Gasteiger partial charge < -0.3 is 5.32 Å². The van der Waals surface area contributed by atoms with Gasteiger partial charge in [0.25, 0.3) is 0 Å². The minimum Gasteiger partial charge on any atom is -0.305 e. The van der Waals surface area contributed by atoms with Crippen LogP contribution >= 0.6 is 0 Å². The molecule has 0 aromatic heterocycles. The Morgan fingerprint density at radius 1 is 1.05 bits per heavy atom. The van der Waals surface area contributed by atoms with Crippen LogP contribution in [0.4, 0.5) is 0 Å². The average Bonchev–Trinajstić information content (AvgIpc) is 2.71. The third-order valence-corrected chi connectivity index (χ3v) is 4.20. The fourth-order valence-electron chi connectivity index (χ4n) is 3.91. The summed E-state index contributed by atoms with van der Waals surface area (Å²) < 4.78 is 0. The van der Waals surface area contributed by atoms with E-state index in [1.54, 1.807) is 11.1 Å². The molecule has 0 amide bonds. The summed E-state index contributed by atoms with van der Waals surface area (Å²) in [7, 11) is 0. The Bertz CT molecular complexity index is 465. The summed E-state index contributed by atoms with van der Waals surface area (Å²) in [5, 5.41) is 3.82. The Hall–Kier alpha value is -0.820. The van der Waals surface area contributed by atoms with E-state index in [0.29, 0.717) is 11.5 Å². The highest BCUT2D eigenvalue weighted by Gasteiger charge is 2.27. The molecule has 1 nitrogen and oxygen atoms in total. The van der Waals surface area contributed by atoms with E-state index in [4.69, 9.17) is 0 Å². The van der Waals surface area contributed by atoms with E-state index in [9.17, 15) is 0 Å². The zero-order valence-corrected chi connectivity index (χ0v) is 14.1. The minimum atomic E-state index is 0.163. The fourth-order valence-corrected chi connectivity index (χ4v) is 3.91. The highest BCUT2D eigenvalue weighted by atomic mass is 15.0. The van der Waals surface area contributed by atoms with Crippen LogP contribution in [0.15, 0.2) is 18.2 Å². The van der Waals surface area contributed by atoms with Crippen LogP contribution in [0.5, 0.6) is 0 Å². The van der Waals surface area contributed by atoms with Gasteiger partial charge in [0.1, 0.15) is 0 Å². The molecule has 0 saturated carbocycles. The zero-order valence-electron chi connectivity index (χ0n) is 14.1. The molecule has 2 rings (SSSR count). The summed E-state index contributed by atoms with van der Waals surface area (Å²) in [6.07, 6.45) is 5.04. The van der Waals surface area contributed by atoms with Gasteiger partial charge in [-0.25, -0.2) is 0 Å². The minimum absolute atomic E-state index is 0.163. The zero-order chi connectivity index (χ0) is 15.0. The second-order valence-electron chi connectivity index (χ2n) is 8.37. The lowest BCUT2D eigenvalue weighted by Gasteiger charge is -2.36. The third kappa shape index (κ3) is 4.09. The maximum atomic E-state index is 3.82. The van der Waals surface area contributed by atoms with Crippen LogP contribution in [0.25, 0.3) is 0 Å². The molecule has 1 aromatic rings. The van der Waals surface area contributed by atoms with Crippen molar-refractivity contribution in [1.82, 2.24) is 5.32 Å². The first-order valence-corrected chi connectivity index (χ1v) is 8.06. The first-order valence-electron chi connectivity index (χ1n) is 8.06. The van der Waals surface area contributed by atoms with Gasteiger partial charge in [-0.1, -0.05) is 39.0 Å². The maximum Gasteiger partial charge on any atom is 0.0296 e. The van der Waals surface area contributed by atoms with Crippen molar-refractivity contribution in [1.29, 1.82) is 0 Å². The van der Waals surface area contributed by atoms with Gasteiger partial charge in [-0.15, -0.1) is 0 Å². The largest absolute Gasteiger partial charge is 0.305 e. The SMILES string of the molecule is CC(NC(C)(C)CC(C)(C)C)c1ccc2c(c1)CCC2. The molecule has 0 saturated heterocycles. The molecule has 0 aliphatic heterocycles. The maximum absolute atomic E-state index is 3.82. The Morgan fingerprint density at radius 2 is 1.70 bits per heavy atom. The Labute approximate surface area is 125 Å². The van der Waals surface area contributed by atoms with E-state index >= 15 is 0 Å². The van der Waals surface area contributed by atoms with Crippen LogP contribution in [0, 0.1) is 5.41 Å². The van der Waals surface area contributed by atoms with Gasteiger partial charge in [0, 0.05) is 11.6 Å². The average molecular weight is 273 g/mol. The normalized spacial score (nSPS) is 17.1. The van der Waals surface area contributed by atoms with Gasteiger partial charge in [0.2, 0.25) is 0 Å². The van der Waals surface area contributed by atoms with Gasteiger partial charge in [0.15, 0.2) is 0 Å². The predicted molar refractivity (Wildman–Crippen MR) is 88.2 cm³/mol. The summed E-state index contributed by atoms with van der Waals surface area (Å²) in [6.45, 7) is 13.9. The van der Waals surface area contributed by atoms with Crippen LogP contribution in [0.1, 0.15) is 77.1 Å². The van der Waals surface area contributed by atoms with E-state index < -0.39 is 0 Å². The summed E-state index contributed by atoms with van der Waals surface area (Å²) in [5.41, 5.74) is 5.09. The molecule has 1 heteroatoms. The number of hydrogen-bond acceptors (Lipinski definition) is 1. The lowest BCUT2D eigenvalue weighted by molar-refractivity contribution is 0.227. The molecule has 1 aromatic carbocycles. The van der Waals surface area contributed by atoms with Gasteiger partial charge >= 0.3 is 0 Å². The fraction of sp³-hybridized carbons (Fsp3) is 0.684. The molecule has 1 unspecified atom stereocenters. The van der Waals surface area contributed by atoms with Crippen molar-refractivity contribution in [2.75, 3.05) is 0 Å². The second-order valence-corrected chi connectivity index (χ2v) is 8.37. The predicted octanol–water partition coefficient (Wildman–Crippen LogP) is 5.04. The van der Waals surface area contributed by atoms with Crippen molar-refractivity contribution < 1.29 is 0 Å². The van der Waals surface area contributed by atoms with Gasteiger partial charge in [-0.3, -0.25) is 0 Å². The van der Waals surface area contributed by atoms with Crippen molar-refractivity contribution in [3.05, 3.63) is 34.9 Å². The van der Waals surface area contributed by atoms with Crippen molar-refractivity contribution >= 4 is 0 Å². The molecule has 0 heterocycles. The molecule has 1 aliphatic rings. The second kappa shape index (κ2) is 5.52. The van der Waals surface area contributed by atoms with Gasteiger partial charge in [-0.2, -0.15) is 0 Å². The Balaban J connectivity index is 2.06. The van der Waals surface area contributed by atoms with E-state index in [2.05, 4.69) is 65.1 Å². The molecule has 1 atom stereocenters. The van der Waals surface area contributed by atoms with Crippen molar-refractivity contribution in [3.63, 3.8) is 0 Å². The topological polar surface area (TPSA) is 12.0 Å². The Morgan fingerprint density at radius 3 is 2.35 bits per heavy atom. The number of fused-ring (bicyclic) bond motifs is 1. The van der Waals surface area contributed by atoms with Crippen molar-refractivity contribution in [2.24, 2.45) is 5.41 Å². The van der Waals surface area contributed by atoms with Crippen LogP contribution in [0.3, 0.4) is 0 Å². The van der Waals surface area contributed by atoms with Crippen molar-refractivity contribution in [2.45, 2.75) is 78.8 Å². The summed E-state index contributed by atoms with van der Waals surface area (Å²) in [4.78, 5) is 0. The lowest BCUT2D eigenvalue weighted by atomic mass is 9.81. The molecular formula is C19H31N. The van der Waals surface area contributed by atoms with Gasteiger partial charge in [-0.05, 0) is 68.6 Å². The monoisotopic (exact) mass is 273 g/mol. The third-order valence-electron chi connectivity index (χ3n) is 4.20. The number of hydrogen-bond donors (Lipinski definition) is 1. The van der Waals surface area contributed by atoms with Crippen LogP contribution < -0.4 is 5.32 Å². The van der Waals surface area contributed by atoms with E-state index in [0.717, 1.165) is 0 Å². The van der Waals surface area contributed by atoms with Gasteiger partial charge in [0.05, 0.1) is 0 Å². The smallest absolute Gasteiger partial charge is 0.0296 e. The van der Waals surface area contributed by atoms with E-state index in [1.165, 1.54) is 31.2 Å². The number of benzene rings is 1. The number of nitrogens with one attached hydrogen (secondary N) is 1. The van der Waals surface area contributed by atoms with E-state index in [-0.39, 0.29) is 5.54 Å². The highest BCUT2D eigenvalue weighted by molar-refractivity contribution is 5.36. The molecule has 20 heavy (non-hydrogen) atoms. The Kier molecular flexibility index (Phi) is 4.30. The van der Waals surface area contributed by atoms with Crippen LogP contribution in [-0.2, 0) is 12.8 Å². The molecule has 0 radical (unpaired) electrons. The molecule has 112 valence electrons. The quantitative estimate of drug-likeness (QED) is 0.810. The molecule has 0 bridgehead atoms. The van der Waals surface area contributed by atoms with Crippen LogP contribution in [0.2, 0.25) is 0 Å². The standard InChI is InChI=1S/C19H31N/c1-14(20-19(5,6)13-18(2,3)4)16-11-10-15-8-7-9-17(15)12-16/h10-12,14,20H,7-9,13H2,1-6H3. The highest BCUT2D eigenvalue weighted by Crippen LogP contribution is 2.30.